The van der Waals surface area contributed by atoms with Crippen molar-refractivity contribution in [2.24, 2.45) is 0 Å². The molecular weight excluding hydrogens is 333 g/mol. The van der Waals surface area contributed by atoms with Gasteiger partial charge in [-0.1, -0.05) is 48.5 Å². The number of hydrogen-bond acceptors (Lipinski definition) is 2. The Labute approximate surface area is 147 Å². The average Bonchev–Trinajstić information content (AvgIpc) is 2.56. The second kappa shape index (κ2) is 7.63. The van der Waals surface area contributed by atoms with Gasteiger partial charge in [0.05, 0.1) is 15.7 Å². The van der Waals surface area contributed by atoms with Crippen LogP contribution < -0.4 is 10.2 Å². The van der Waals surface area contributed by atoms with Crippen molar-refractivity contribution in [2.75, 3.05) is 31.1 Å². The molecule has 0 aromatic heterocycles. The van der Waals surface area contributed by atoms with Gasteiger partial charge in [-0.15, -0.1) is 0 Å². The number of amides is 2. The minimum absolute atomic E-state index is 0.0711. The molecule has 1 aromatic rings. The fraction of sp³-hybridized carbons (Fsp3) is 0.588. The highest BCUT2D eigenvalue weighted by Gasteiger charge is 2.25. The largest absolute Gasteiger partial charge is 0.366 e. The quantitative estimate of drug-likeness (QED) is 0.864. The maximum absolute atomic E-state index is 12.4. The summed E-state index contributed by atoms with van der Waals surface area (Å²) in [6.07, 6.45) is 5.97. The van der Waals surface area contributed by atoms with Crippen LogP contribution in [0.3, 0.4) is 0 Å². The second-order valence-corrected chi connectivity index (χ2v) is 7.14. The number of carbonyl (C=O) groups is 1. The van der Waals surface area contributed by atoms with E-state index in [9.17, 15) is 4.79 Å². The highest BCUT2D eigenvalue weighted by molar-refractivity contribution is 6.39. The molecule has 2 fully saturated rings. The standard InChI is InChI=1S/C17H23Cl2N3O/c18-14-7-4-8-15(19)16(14)21-9-11-22(12-10-21)17(23)20-13-5-2-1-3-6-13/h4,7-8,13H,1-3,5-6,9-12H2,(H,20,23). The topological polar surface area (TPSA) is 35.6 Å². The van der Waals surface area contributed by atoms with E-state index in [1.54, 1.807) is 0 Å². The minimum atomic E-state index is 0.0711. The van der Waals surface area contributed by atoms with E-state index in [0.29, 0.717) is 29.2 Å². The molecule has 23 heavy (non-hydrogen) atoms. The number of urea groups is 1. The number of carbonyl (C=O) groups excluding carboxylic acids is 1. The number of anilines is 1. The highest BCUT2D eigenvalue weighted by Crippen LogP contribution is 2.34. The zero-order valence-electron chi connectivity index (χ0n) is 13.2. The van der Waals surface area contributed by atoms with Crippen molar-refractivity contribution in [1.82, 2.24) is 10.2 Å². The fourth-order valence-corrected chi connectivity index (χ4v) is 4.07. The first-order valence-corrected chi connectivity index (χ1v) is 9.15. The van der Waals surface area contributed by atoms with Gasteiger partial charge in [-0.25, -0.2) is 4.79 Å². The molecule has 2 amide bonds. The first-order chi connectivity index (χ1) is 11.1. The predicted octanol–water partition coefficient (Wildman–Crippen LogP) is 4.16. The average molecular weight is 356 g/mol. The van der Waals surface area contributed by atoms with Gasteiger partial charge in [-0.3, -0.25) is 0 Å². The number of halogens is 2. The van der Waals surface area contributed by atoms with E-state index in [1.165, 1.54) is 19.3 Å². The van der Waals surface area contributed by atoms with Crippen molar-refractivity contribution < 1.29 is 4.79 Å². The third kappa shape index (κ3) is 4.04. The van der Waals surface area contributed by atoms with Crippen LogP contribution in [0.2, 0.25) is 10.0 Å². The van der Waals surface area contributed by atoms with E-state index < -0.39 is 0 Å². The number of benzene rings is 1. The zero-order chi connectivity index (χ0) is 16.2. The van der Waals surface area contributed by atoms with Crippen molar-refractivity contribution >= 4 is 34.9 Å². The van der Waals surface area contributed by atoms with E-state index in [2.05, 4.69) is 10.2 Å². The number of rotatable bonds is 2. The number of hydrogen-bond donors (Lipinski definition) is 1. The van der Waals surface area contributed by atoms with Gasteiger partial charge in [0.2, 0.25) is 0 Å². The molecule has 1 heterocycles. The summed E-state index contributed by atoms with van der Waals surface area (Å²) in [6.45, 7) is 2.89. The lowest BCUT2D eigenvalue weighted by Gasteiger charge is -2.37. The van der Waals surface area contributed by atoms with Crippen LogP contribution >= 0.6 is 23.2 Å². The van der Waals surface area contributed by atoms with Gasteiger partial charge in [-0.2, -0.15) is 0 Å². The highest BCUT2D eigenvalue weighted by atomic mass is 35.5. The summed E-state index contributed by atoms with van der Waals surface area (Å²) >= 11 is 12.5. The molecule has 6 heteroatoms. The van der Waals surface area contributed by atoms with Gasteiger partial charge < -0.3 is 15.1 Å². The Morgan fingerprint density at radius 1 is 1.00 bits per heavy atom. The van der Waals surface area contributed by atoms with E-state index in [-0.39, 0.29) is 6.03 Å². The predicted molar refractivity (Wildman–Crippen MR) is 95.7 cm³/mol. The lowest BCUT2D eigenvalue weighted by molar-refractivity contribution is 0.186. The lowest BCUT2D eigenvalue weighted by atomic mass is 9.96. The van der Waals surface area contributed by atoms with Gasteiger partial charge >= 0.3 is 6.03 Å². The number of nitrogens with one attached hydrogen (secondary N) is 1. The smallest absolute Gasteiger partial charge is 0.317 e. The summed E-state index contributed by atoms with van der Waals surface area (Å²) in [4.78, 5) is 16.4. The van der Waals surface area contributed by atoms with Gasteiger partial charge in [0, 0.05) is 32.2 Å². The van der Waals surface area contributed by atoms with Crippen molar-refractivity contribution in [3.8, 4) is 0 Å². The fourth-order valence-electron chi connectivity index (χ4n) is 3.44. The first-order valence-electron chi connectivity index (χ1n) is 8.39. The Morgan fingerprint density at radius 3 is 2.22 bits per heavy atom. The molecule has 0 spiro atoms. The molecule has 2 aliphatic rings. The van der Waals surface area contributed by atoms with E-state index >= 15 is 0 Å². The Hall–Kier alpha value is -1.13. The molecule has 1 aliphatic carbocycles. The normalized spacial score (nSPS) is 19.7. The van der Waals surface area contributed by atoms with Crippen LogP contribution in [0.15, 0.2) is 18.2 Å². The monoisotopic (exact) mass is 355 g/mol. The third-order valence-electron chi connectivity index (χ3n) is 4.75. The molecule has 0 bridgehead atoms. The Morgan fingerprint density at radius 2 is 1.61 bits per heavy atom. The molecule has 1 saturated heterocycles. The van der Waals surface area contributed by atoms with Crippen LogP contribution in [0.25, 0.3) is 0 Å². The van der Waals surface area contributed by atoms with E-state index in [1.807, 2.05) is 23.1 Å². The van der Waals surface area contributed by atoms with Crippen LogP contribution in [-0.2, 0) is 0 Å². The second-order valence-electron chi connectivity index (χ2n) is 6.33. The molecule has 126 valence electrons. The first kappa shape index (κ1) is 16.7. The van der Waals surface area contributed by atoms with Crippen LogP contribution in [0.1, 0.15) is 32.1 Å². The number of piperazine rings is 1. The maximum Gasteiger partial charge on any atom is 0.317 e. The van der Waals surface area contributed by atoms with E-state index in [0.717, 1.165) is 31.6 Å². The SMILES string of the molecule is O=C(NC1CCCCC1)N1CCN(c2c(Cl)cccc2Cl)CC1. The Bertz CT molecular complexity index is 533. The molecule has 0 unspecified atom stereocenters. The molecule has 1 saturated carbocycles. The molecule has 1 N–H and O–H groups in total. The molecule has 0 radical (unpaired) electrons. The minimum Gasteiger partial charge on any atom is -0.366 e. The lowest BCUT2D eigenvalue weighted by Crippen LogP contribution is -2.53. The summed E-state index contributed by atoms with van der Waals surface area (Å²) < 4.78 is 0. The van der Waals surface area contributed by atoms with Crippen molar-refractivity contribution in [3.63, 3.8) is 0 Å². The molecule has 1 aliphatic heterocycles. The molecule has 3 rings (SSSR count). The molecular formula is C17H23Cl2N3O. The van der Waals surface area contributed by atoms with Gasteiger partial charge in [0.25, 0.3) is 0 Å². The van der Waals surface area contributed by atoms with Crippen LogP contribution in [-0.4, -0.2) is 43.2 Å². The van der Waals surface area contributed by atoms with Crippen molar-refractivity contribution in [1.29, 1.82) is 0 Å². The number of para-hydroxylation sites is 1. The molecule has 0 atom stereocenters. The Balaban J connectivity index is 1.54. The van der Waals surface area contributed by atoms with E-state index in [4.69, 9.17) is 23.2 Å². The summed E-state index contributed by atoms with van der Waals surface area (Å²) in [7, 11) is 0. The summed E-state index contributed by atoms with van der Waals surface area (Å²) in [5.41, 5.74) is 0.878. The summed E-state index contributed by atoms with van der Waals surface area (Å²) in [5.74, 6) is 0. The van der Waals surface area contributed by atoms with Crippen molar-refractivity contribution in [3.05, 3.63) is 28.2 Å². The molecule has 4 nitrogen and oxygen atoms in total. The van der Waals surface area contributed by atoms with Crippen LogP contribution in [0.4, 0.5) is 10.5 Å². The Kier molecular flexibility index (Phi) is 5.54. The van der Waals surface area contributed by atoms with Crippen LogP contribution in [0.5, 0.6) is 0 Å². The van der Waals surface area contributed by atoms with Gasteiger partial charge in [0.15, 0.2) is 0 Å². The van der Waals surface area contributed by atoms with Crippen molar-refractivity contribution in [2.45, 2.75) is 38.1 Å². The summed E-state index contributed by atoms with van der Waals surface area (Å²) in [5, 5.41) is 4.51. The zero-order valence-corrected chi connectivity index (χ0v) is 14.7. The van der Waals surface area contributed by atoms with Gasteiger partial charge in [-0.05, 0) is 25.0 Å². The van der Waals surface area contributed by atoms with Gasteiger partial charge in [0.1, 0.15) is 0 Å². The van der Waals surface area contributed by atoms with Crippen LogP contribution in [0, 0.1) is 0 Å². The number of nitrogens with zero attached hydrogens (tertiary/aromatic N) is 2. The third-order valence-corrected chi connectivity index (χ3v) is 5.36. The molecule has 1 aromatic carbocycles. The maximum atomic E-state index is 12.4. The summed E-state index contributed by atoms with van der Waals surface area (Å²) in [6, 6.07) is 5.98.